The number of carbonyl (C=O) groups is 1. The molecule has 1 amide bonds. The Bertz CT molecular complexity index is 735. The van der Waals surface area contributed by atoms with Crippen molar-refractivity contribution in [3.63, 3.8) is 0 Å². The average Bonchev–Trinajstić information content (AvgIpc) is 2.50. The van der Waals surface area contributed by atoms with E-state index in [1.807, 2.05) is 18.2 Å². The van der Waals surface area contributed by atoms with Gasteiger partial charge in [0.05, 0.1) is 21.7 Å². The van der Waals surface area contributed by atoms with Gasteiger partial charge in [-0.2, -0.15) is 0 Å². The Balaban J connectivity index is 1.87. The lowest BCUT2D eigenvalue weighted by molar-refractivity contribution is 0.0935. The van der Waals surface area contributed by atoms with Gasteiger partial charge in [0, 0.05) is 15.7 Å². The van der Waals surface area contributed by atoms with Crippen molar-refractivity contribution in [2.45, 2.75) is 17.4 Å². The van der Waals surface area contributed by atoms with Crippen molar-refractivity contribution in [2.24, 2.45) is 0 Å². The van der Waals surface area contributed by atoms with Crippen LogP contribution in [0.5, 0.6) is 0 Å². The summed E-state index contributed by atoms with van der Waals surface area (Å²) in [6, 6.07) is 10.7. The highest BCUT2D eigenvalue weighted by molar-refractivity contribution is 7.99. The highest BCUT2D eigenvalue weighted by Crippen LogP contribution is 2.38. The van der Waals surface area contributed by atoms with Crippen molar-refractivity contribution >= 4 is 52.5 Å². The minimum absolute atomic E-state index is 0.0718. The van der Waals surface area contributed by atoms with E-state index in [4.69, 9.17) is 34.8 Å². The highest BCUT2D eigenvalue weighted by Gasteiger charge is 2.24. The van der Waals surface area contributed by atoms with Crippen molar-refractivity contribution in [1.82, 2.24) is 5.32 Å². The summed E-state index contributed by atoms with van der Waals surface area (Å²) in [7, 11) is 0. The van der Waals surface area contributed by atoms with Crippen LogP contribution in [0.15, 0.2) is 41.3 Å². The smallest absolute Gasteiger partial charge is 0.253 e. The number of hydrogen-bond donors (Lipinski definition) is 1. The van der Waals surface area contributed by atoms with E-state index in [9.17, 15) is 4.79 Å². The summed E-state index contributed by atoms with van der Waals surface area (Å²) in [5.74, 6) is 0.721. The zero-order valence-electron chi connectivity index (χ0n) is 11.4. The molecular weight excluding hydrogens is 361 g/mol. The largest absolute Gasteiger partial charge is 0.345 e. The molecule has 3 rings (SSSR count). The van der Waals surface area contributed by atoms with Gasteiger partial charge in [0.2, 0.25) is 0 Å². The number of amides is 1. The Morgan fingerprint density at radius 3 is 2.82 bits per heavy atom. The summed E-state index contributed by atoms with van der Waals surface area (Å²) in [5.41, 5.74) is 1.44. The molecule has 0 spiro atoms. The standard InChI is InChI=1S/C16H12Cl3NOS/c17-9-4-5-14-11(8-9)13(6-7-22-14)20-16(21)10-2-1-3-12(18)15(10)19/h1-5,8,13H,6-7H2,(H,20,21). The first-order valence-corrected chi connectivity index (χ1v) is 8.85. The van der Waals surface area contributed by atoms with Gasteiger partial charge in [-0.1, -0.05) is 40.9 Å². The van der Waals surface area contributed by atoms with Gasteiger partial charge in [-0.15, -0.1) is 11.8 Å². The van der Waals surface area contributed by atoms with Crippen molar-refractivity contribution in [1.29, 1.82) is 0 Å². The van der Waals surface area contributed by atoms with Crippen LogP contribution >= 0.6 is 46.6 Å². The van der Waals surface area contributed by atoms with Crippen LogP contribution in [0.2, 0.25) is 15.1 Å². The van der Waals surface area contributed by atoms with Crippen LogP contribution in [0.4, 0.5) is 0 Å². The molecule has 0 aromatic heterocycles. The van der Waals surface area contributed by atoms with E-state index >= 15 is 0 Å². The summed E-state index contributed by atoms with van der Waals surface area (Å²) in [5, 5.41) is 4.35. The van der Waals surface area contributed by atoms with Crippen LogP contribution in [0.1, 0.15) is 28.4 Å². The van der Waals surface area contributed by atoms with Crippen LogP contribution < -0.4 is 5.32 Å². The third-order valence-electron chi connectivity index (χ3n) is 3.51. The fraction of sp³-hybridized carbons (Fsp3) is 0.188. The van der Waals surface area contributed by atoms with Crippen LogP contribution in [0.25, 0.3) is 0 Å². The molecule has 0 aliphatic carbocycles. The number of hydrogen-bond acceptors (Lipinski definition) is 2. The molecule has 0 fully saturated rings. The molecule has 1 N–H and O–H groups in total. The maximum absolute atomic E-state index is 12.5. The zero-order chi connectivity index (χ0) is 15.7. The van der Waals surface area contributed by atoms with E-state index in [0.29, 0.717) is 15.6 Å². The van der Waals surface area contributed by atoms with Crippen LogP contribution in [-0.4, -0.2) is 11.7 Å². The lowest BCUT2D eigenvalue weighted by Gasteiger charge is -2.26. The topological polar surface area (TPSA) is 29.1 Å². The predicted octanol–water partition coefficient (Wildman–Crippen LogP) is 5.61. The molecule has 0 saturated heterocycles. The maximum Gasteiger partial charge on any atom is 0.253 e. The van der Waals surface area contributed by atoms with Gasteiger partial charge < -0.3 is 5.32 Å². The molecule has 1 heterocycles. The quantitative estimate of drug-likeness (QED) is 0.742. The number of halogens is 3. The Hall–Kier alpha value is -0.870. The molecule has 0 saturated carbocycles. The number of carbonyl (C=O) groups excluding carboxylic acids is 1. The average molecular weight is 373 g/mol. The minimum Gasteiger partial charge on any atom is -0.345 e. The van der Waals surface area contributed by atoms with Crippen molar-refractivity contribution in [3.8, 4) is 0 Å². The molecule has 6 heteroatoms. The summed E-state index contributed by atoms with van der Waals surface area (Å²) in [6.07, 6.45) is 0.849. The van der Waals surface area contributed by atoms with Crippen LogP contribution in [0.3, 0.4) is 0 Å². The molecule has 1 unspecified atom stereocenters. The Morgan fingerprint density at radius 2 is 2.00 bits per heavy atom. The highest BCUT2D eigenvalue weighted by atomic mass is 35.5. The van der Waals surface area contributed by atoms with E-state index in [-0.39, 0.29) is 17.0 Å². The lowest BCUT2D eigenvalue weighted by Crippen LogP contribution is -2.30. The van der Waals surface area contributed by atoms with Crippen molar-refractivity contribution < 1.29 is 4.79 Å². The van der Waals surface area contributed by atoms with E-state index in [1.165, 1.54) is 0 Å². The first kappa shape index (κ1) is 16.0. The summed E-state index contributed by atoms with van der Waals surface area (Å²) in [6.45, 7) is 0. The minimum atomic E-state index is -0.227. The van der Waals surface area contributed by atoms with Crippen molar-refractivity contribution in [2.75, 3.05) is 5.75 Å². The number of rotatable bonds is 2. The number of benzene rings is 2. The van der Waals surface area contributed by atoms with Crippen LogP contribution in [0, 0.1) is 0 Å². The van der Waals surface area contributed by atoms with Gasteiger partial charge in [0.1, 0.15) is 0 Å². The van der Waals surface area contributed by atoms with Gasteiger partial charge in [-0.3, -0.25) is 4.79 Å². The Labute approximate surface area is 148 Å². The third-order valence-corrected chi connectivity index (χ3v) is 5.69. The number of fused-ring (bicyclic) bond motifs is 1. The first-order chi connectivity index (χ1) is 10.6. The molecule has 114 valence electrons. The predicted molar refractivity (Wildman–Crippen MR) is 93.5 cm³/mol. The molecule has 2 aromatic rings. The Morgan fingerprint density at radius 1 is 1.18 bits per heavy atom. The molecule has 1 aliphatic heterocycles. The monoisotopic (exact) mass is 371 g/mol. The van der Waals surface area contributed by atoms with E-state index in [2.05, 4.69) is 5.32 Å². The second-order valence-electron chi connectivity index (χ2n) is 4.95. The van der Waals surface area contributed by atoms with Gasteiger partial charge in [-0.05, 0) is 42.3 Å². The van der Waals surface area contributed by atoms with Gasteiger partial charge >= 0.3 is 0 Å². The van der Waals surface area contributed by atoms with Crippen molar-refractivity contribution in [3.05, 3.63) is 62.6 Å². The number of nitrogens with one attached hydrogen (secondary N) is 1. The van der Waals surface area contributed by atoms with E-state index < -0.39 is 0 Å². The molecule has 2 aromatic carbocycles. The fourth-order valence-electron chi connectivity index (χ4n) is 2.43. The molecular formula is C16H12Cl3NOS. The van der Waals surface area contributed by atoms with Gasteiger partial charge in [0.25, 0.3) is 5.91 Å². The molecule has 0 radical (unpaired) electrons. The second kappa shape index (κ2) is 6.71. The molecule has 2 nitrogen and oxygen atoms in total. The summed E-state index contributed by atoms with van der Waals surface area (Å²) >= 11 is 19.9. The zero-order valence-corrected chi connectivity index (χ0v) is 14.5. The molecule has 0 bridgehead atoms. The first-order valence-electron chi connectivity index (χ1n) is 6.73. The number of thioether (sulfide) groups is 1. The normalized spacial score (nSPS) is 17.0. The third kappa shape index (κ3) is 3.23. The molecule has 1 atom stereocenters. The van der Waals surface area contributed by atoms with Crippen LogP contribution in [-0.2, 0) is 0 Å². The fourth-order valence-corrected chi connectivity index (χ4v) is 4.10. The molecule has 1 aliphatic rings. The van der Waals surface area contributed by atoms with E-state index in [1.54, 1.807) is 30.0 Å². The SMILES string of the molecule is O=C(NC1CCSc2ccc(Cl)cc21)c1cccc(Cl)c1Cl. The lowest BCUT2D eigenvalue weighted by atomic mass is 10.0. The van der Waals surface area contributed by atoms with Gasteiger partial charge in [0.15, 0.2) is 0 Å². The summed E-state index contributed by atoms with van der Waals surface area (Å²) < 4.78 is 0. The summed E-state index contributed by atoms with van der Waals surface area (Å²) in [4.78, 5) is 13.6. The molecule has 22 heavy (non-hydrogen) atoms. The van der Waals surface area contributed by atoms with Gasteiger partial charge in [-0.25, -0.2) is 0 Å². The Kier molecular flexibility index (Phi) is 4.88. The van der Waals surface area contributed by atoms with E-state index in [0.717, 1.165) is 22.6 Å². The second-order valence-corrected chi connectivity index (χ2v) is 7.31. The maximum atomic E-state index is 12.5.